The second-order valence-electron chi connectivity index (χ2n) is 5.85. The van der Waals surface area contributed by atoms with Crippen LogP contribution in [0, 0.1) is 6.92 Å². The van der Waals surface area contributed by atoms with Crippen molar-refractivity contribution in [2.45, 2.75) is 11.8 Å². The summed E-state index contributed by atoms with van der Waals surface area (Å²) in [5, 5.41) is 32.1. The summed E-state index contributed by atoms with van der Waals surface area (Å²) in [7, 11) is -4.67. The van der Waals surface area contributed by atoms with Gasteiger partial charge in [-0.25, -0.2) is 0 Å². The summed E-state index contributed by atoms with van der Waals surface area (Å²) in [4.78, 5) is 10.7. The number of hydrogen-bond acceptors (Lipinski definition) is 7. The van der Waals surface area contributed by atoms with Gasteiger partial charge in [-0.3, -0.25) is 4.55 Å². The Morgan fingerprint density at radius 3 is 2.33 bits per heavy atom. The molecule has 3 rings (SSSR count). The number of carboxylic acids is 1. The fourth-order valence-corrected chi connectivity index (χ4v) is 3.46. The molecule has 8 nitrogen and oxygen atoms in total. The quantitative estimate of drug-likeness (QED) is 0.246. The van der Waals surface area contributed by atoms with Gasteiger partial charge in [0, 0.05) is 10.4 Å². The van der Waals surface area contributed by atoms with Crippen LogP contribution in [0.2, 0.25) is 5.02 Å². The Balaban J connectivity index is 0.00000225. The van der Waals surface area contributed by atoms with Crippen molar-refractivity contribution in [1.82, 2.24) is 0 Å². The van der Waals surface area contributed by atoms with Gasteiger partial charge >= 0.3 is 59.1 Å². The molecule has 0 aromatic heterocycles. The van der Waals surface area contributed by atoms with Crippen molar-refractivity contribution in [3.05, 3.63) is 58.6 Å². The van der Waals surface area contributed by atoms with E-state index in [2.05, 4.69) is 10.2 Å². The number of fused-ring (bicyclic) bond motifs is 1. The number of carbonyl (C=O) groups excluding carboxylic acids is 1. The number of azo groups is 1. The van der Waals surface area contributed by atoms with Gasteiger partial charge in [0.2, 0.25) is 0 Å². The van der Waals surface area contributed by atoms with E-state index < -0.39 is 32.3 Å². The molecule has 3 aromatic carbocycles. The van der Waals surface area contributed by atoms with Crippen LogP contribution >= 0.6 is 11.6 Å². The largest absolute Gasteiger partial charge is 1.00 e. The summed E-state index contributed by atoms with van der Waals surface area (Å²) < 4.78 is 32.6. The monoisotopic (exact) mass is 464 g/mol. The first-order valence-corrected chi connectivity index (χ1v) is 9.55. The first kappa shape index (κ1) is 27.0. The van der Waals surface area contributed by atoms with Crippen LogP contribution in [0.25, 0.3) is 10.8 Å². The first-order valence-electron chi connectivity index (χ1n) is 7.73. The van der Waals surface area contributed by atoms with Crippen LogP contribution in [0.3, 0.4) is 0 Å². The maximum atomic E-state index is 12.5. The van der Waals surface area contributed by atoms with Crippen LogP contribution in [0.5, 0.6) is 5.75 Å². The van der Waals surface area contributed by atoms with Gasteiger partial charge in [-0.2, -0.15) is 13.5 Å². The van der Waals surface area contributed by atoms with E-state index in [-0.39, 0.29) is 75.5 Å². The van der Waals surface area contributed by atoms with Gasteiger partial charge in [0.15, 0.2) is 0 Å². The molecule has 0 spiro atoms. The Labute approximate surface area is 221 Å². The molecule has 30 heavy (non-hydrogen) atoms. The Morgan fingerprint density at radius 2 is 1.73 bits per heavy atom. The maximum absolute atomic E-state index is 12.5. The fourth-order valence-electron chi connectivity index (χ4n) is 2.60. The van der Waals surface area contributed by atoms with E-state index in [9.17, 15) is 28.0 Å². The third-order valence-corrected chi connectivity index (χ3v) is 5.26. The summed E-state index contributed by atoms with van der Waals surface area (Å²) in [5.41, 5.74) is -0.702. The molecule has 0 fully saturated rings. The second kappa shape index (κ2) is 10.5. The average Bonchev–Trinajstić information content (AvgIpc) is 2.61. The molecule has 0 aliphatic rings. The first-order chi connectivity index (χ1) is 13.1. The van der Waals surface area contributed by atoms with E-state index in [1.807, 2.05) is 0 Å². The Kier molecular flexibility index (Phi) is 9.49. The zero-order chi connectivity index (χ0) is 20.6. The molecule has 0 aliphatic heterocycles. The maximum Gasteiger partial charge on any atom is 1.00 e. The van der Waals surface area contributed by atoms with Gasteiger partial charge in [0.1, 0.15) is 10.6 Å². The smallest absolute Gasteiger partial charge is 0.871 e. The molecule has 144 valence electrons. The molecule has 12 heteroatoms. The minimum Gasteiger partial charge on any atom is -0.871 e. The zero-order valence-corrected chi connectivity index (χ0v) is 21.8. The Hall–Kier alpha value is -1.01. The summed E-state index contributed by atoms with van der Waals surface area (Å²) in [6, 6.07) is 9.83. The van der Waals surface area contributed by atoms with Crippen molar-refractivity contribution in [2.75, 3.05) is 0 Å². The van der Waals surface area contributed by atoms with Crippen LogP contribution < -0.4 is 69.3 Å². The minimum atomic E-state index is -4.67. The summed E-state index contributed by atoms with van der Waals surface area (Å²) in [5.74, 6) is -2.60. The molecular formula is C18H11ClN2Na2O6S. The molecule has 0 bridgehead atoms. The number of hydrogen-bond donors (Lipinski definition) is 1. The van der Waals surface area contributed by atoms with Gasteiger partial charge in [-0.1, -0.05) is 41.6 Å². The van der Waals surface area contributed by atoms with E-state index in [4.69, 9.17) is 11.6 Å². The SMILES string of the molecule is Cc1cc(N=Nc2c([O-])c(C(=O)[O-])cc3ccccc23)c(S(=O)(=O)O)cc1Cl.[Na+].[Na+]. The molecule has 0 radical (unpaired) electrons. The van der Waals surface area contributed by atoms with Gasteiger partial charge in [-0.15, -0.1) is 5.11 Å². The molecule has 0 unspecified atom stereocenters. The van der Waals surface area contributed by atoms with Crippen LogP contribution in [-0.4, -0.2) is 18.9 Å². The molecule has 0 atom stereocenters. The fraction of sp³-hybridized carbons (Fsp3) is 0.0556. The Bertz CT molecular complexity index is 1270. The standard InChI is InChI=1S/C18H13ClN2O6S.2Na/c1-9-6-14(15(8-13(9)19)28(25,26)27)20-21-16-11-5-3-2-4-10(11)7-12(17(16)22)18(23)24;;/h2-8,22H,1H3,(H,23,24)(H,25,26,27);;/q;2*+1/p-2. The molecule has 0 amide bonds. The molecule has 0 saturated carbocycles. The van der Waals surface area contributed by atoms with Crippen molar-refractivity contribution in [3.8, 4) is 5.75 Å². The van der Waals surface area contributed by atoms with E-state index in [0.717, 1.165) is 6.07 Å². The van der Waals surface area contributed by atoms with Gasteiger partial charge in [0.25, 0.3) is 10.1 Å². The van der Waals surface area contributed by atoms with Crippen molar-refractivity contribution in [3.63, 3.8) is 0 Å². The van der Waals surface area contributed by atoms with Crippen LogP contribution in [0.1, 0.15) is 15.9 Å². The van der Waals surface area contributed by atoms with Gasteiger partial charge < -0.3 is 15.0 Å². The predicted molar refractivity (Wildman–Crippen MR) is 97.9 cm³/mol. The normalized spacial score (nSPS) is 11.2. The third kappa shape index (κ3) is 5.61. The topological polar surface area (TPSA) is 142 Å². The van der Waals surface area contributed by atoms with Crippen LogP contribution in [0.4, 0.5) is 11.4 Å². The van der Waals surface area contributed by atoms with Crippen LogP contribution in [-0.2, 0) is 10.1 Å². The zero-order valence-electron chi connectivity index (χ0n) is 16.2. The second-order valence-corrected chi connectivity index (χ2v) is 7.65. The number of nitrogens with zero attached hydrogens (tertiary/aromatic N) is 2. The van der Waals surface area contributed by atoms with E-state index in [1.165, 1.54) is 12.1 Å². The van der Waals surface area contributed by atoms with E-state index in [0.29, 0.717) is 16.3 Å². The molecular weight excluding hydrogens is 454 g/mol. The number of halogens is 1. The summed E-state index contributed by atoms with van der Waals surface area (Å²) in [6.45, 7) is 1.58. The molecule has 1 N–H and O–H groups in total. The van der Waals surface area contributed by atoms with Crippen molar-refractivity contribution in [2.24, 2.45) is 10.2 Å². The number of carbonyl (C=O) groups is 1. The minimum absolute atomic E-state index is 0. The Morgan fingerprint density at radius 1 is 1.10 bits per heavy atom. The molecule has 0 aliphatic carbocycles. The van der Waals surface area contributed by atoms with Crippen molar-refractivity contribution < 1.29 is 87.1 Å². The number of carboxylic acid groups (broad SMARTS) is 1. The van der Waals surface area contributed by atoms with Gasteiger partial charge in [0.05, 0.1) is 11.7 Å². The van der Waals surface area contributed by atoms with E-state index >= 15 is 0 Å². The number of benzene rings is 3. The molecule has 3 aromatic rings. The molecule has 0 heterocycles. The number of aromatic carboxylic acids is 1. The average molecular weight is 465 g/mol. The van der Waals surface area contributed by atoms with E-state index in [1.54, 1.807) is 31.2 Å². The predicted octanol–water partition coefficient (Wildman–Crippen LogP) is -3.09. The molecule has 0 saturated heterocycles. The van der Waals surface area contributed by atoms with Gasteiger partial charge in [-0.05, 0) is 41.6 Å². The van der Waals surface area contributed by atoms with Crippen molar-refractivity contribution >= 4 is 49.8 Å². The summed E-state index contributed by atoms with van der Waals surface area (Å²) in [6.07, 6.45) is 0. The summed E-state index contributed by atoms with van der Waals surface area (Å²) >= 11 is 5.90. The number of rotatable bonds is 4. The van der Waals surface area contributed by atoms with Crippen LogP contribution in [0.15, 0.2) is 57.6 Å². The number of aryl methyl sites for hydroxylation is 1. The third-order valence-electron chi connectivity index (χ3n) is 3.97. The van der Waals surface area contributed by atoms with Crippen molar-refractivity contribution in [1.29, 1.82) is 0 Å².